The quantitative estimate of drug-likeness (QED) is 0.883. The minimum atomic E-state index is -0.462. The van der Waals surface area contributed by atoms with Gasteiger partial charge in [-0.1, -0.05) is 5.10 Å². The van der Waals surface area contributed by atoms with Crippen LogP contribution in [0.1, 0.15) is 40.0 Å². The number of amides is 1. The number of ether oxygens (including phenoxy) is 1. The number of aromatic nitrogens is 4. The highest BCUT2D eigenvalue weighted by Gasteiger charge is 2.29. The van der Waals surface area contributed by atoms with Crippen molar-refractivity contribution in [3.63, 3.8) is 0 Å². The van der Waals surface area contributed by atoms with E-state index >= 15 is 0 Å². The molecule has 8 heteroatoms. The zero-order chi connectivity index (χ0) is 16.4. The first-order chi connectivity index (χ1) is 10.9. The highest BCUT2D eigenvalue weighted by molar-refractivity contribution is 5.67. The summed E-state index contributed by atoms with van der Waals surface area (Å²) in [7, 11) is 0. The smallest absolute Gasteiger partial charge is 0.407 e. The molecule has 0 bridgehead atoms. The van der Waals surface area contributed by atoms with E-state index in [1.54, 1.807) is 0 Å². The van der Waals surface area contributed by atoms with Crippen molar-refractivity contribution in [2.24, 2.45) is 11.8 Å². The normalized spacial score (nSPS) is 21.5. The van der Waals surface area contributed by atoms with Gasteiger partial charge in [-0.25, -0.2) is 9.48 Å². The van der Waals surface area contributed by atoms with E-state index in [2.05, 4.69) is 25.7 Å². The molecule has 1 aliphatic heterocycles. The third-order valence-electron chi connectivity index (χ3n) is 4.14. The van der Waals surface area contributed by atoms with Crippen molar-refractivity contribution in [1.82, 2.24) is 25.5 Å². The molecule has 2 fully saturated rings. The molecule has 1 unspecified atom stereocenters. The van der Waals surface area contributed by atoms with E-state index in [0.717, 1.165) is 37.9 Å². The van der Waals surface area contributed by atoms with E-state index in [9.17, 15) is 4.79 Å². The van der Waals surface area contributed by atoms with Crippen molar-refractivity contribution in [3.05, 3.63) is 0 Å². The number of carbonyl (C=O) groups is 1. The number of hydrogen-bond donors (Lipinski definition) is 1. The molecule has 2 heterocycles. The Labute approximate surface area is 136 Å². The Morgan fingerprint density at radius 1 is 1.30 bits per heavy atom. The molecule has 1 aliphatic carbocycles. The summed E-state index contributed by atoms with van der Waals surface area (Å²) in [6, 6.07) is 0. The van der Waals surface area contributed by atoms with Gasteiger partial charge in [0.25, 0.3) is 0 Å². The maximum absolute atomic E-state index is 11.7. The van der Waals surface area contributed by atoms with Gasteiger partial charge in [0.15, 0.2) is 0 Å². The Morgan fingerprint density at radius 2 is 2.09 bits per heavy atom. The summed E-state index contributed by atoms with van der Waals surface area (Å²) in [5.74, 6) is 2.00. The first-order valence-electron chi connectivity index (χ1n) is 8.38. The molecule has 8 nitrogen and oxygen atoms in total. The lowest BCUT2D eigenvalue weighted by Crippen LogP contribution is -2.36. The minimum absolute atomic E-state index is 0.352. The van der Waals surface area contributed by atoms with E-state index < -0.39 is 5.60 Å². The van der Waals surface area contributed by atoms with Crippen LogP contribution in [-0.2, 0) is 11.3 Å². The number of rotatable bonds is 5. The van der Waals surface area contributed by atoms with E-state index in [0.29, 0.717) is 12.5 Å². The molecule has 1 saturated carbocycles. The van der Waals surface area contributed by atoms with Crippen LogP contribution in [0.2, 0.25) is 0 Å². The van der Waals surface area contributed by atoms with Gasteiger partial charge in [-0.05, 0) is 62.3 Å². The van der Waals surface area contributed by atoms with Crippen LogP contribution in [-0.4, -0.2) is 51.5 Å². The van der Waals surface area contributed by atoms with Crippen LogP contribution >= 0.6 is 0 Å². The molecule has 0 aromatic carbocycles. The van der Waals surface area contributed by atoms with Gasteiger partial charge < -0.3 is 15.0 Å². The van der Waals surface area contributed by atoms with Crippen molar-refractivity contribution in [1.29, 1.82) is 0 Å². The zero-order valence-corrected chi connectivity index (χ0v) is 14.2. The van der Waals surface area contributed by atoms with Crippen molar-refractivity contribution in [2.75, 3.05) is 24.5 Å². The maximum atomic E-state index is 11.7. The molecule has 3 rings (SSSR count). The molecule has 1 atom stereocenters. The molecule has 1 N–H and O–H groups in total. The SMILES string of the molecule is CC(C)(C)OC(=O)NCC1CCN(c2nnnn2CC2CC2)C1. The number of carbonyl (C=O) groups excluding carboxylic acids is 1. The van der Waals surface area contributed by atoms with E-state index in [4.69, 9.17) is 4.74 Å². The summed E-state index contributed by atoms with van der Waals surface area (Å²) >= 11 is 0. The standard InChI is InChI=1S/C15H26N6O2/c1-15(2,3)23-14(22)16-8-12-6-7-20(9-12)13-17-18-19-21(13)10-11-4-5-11/h11-12H,4-10H2,1-3H3,(H,16,22). The second-order valence-electron chi connectivity index (χ2n) is 7.59. The van der Waals surface area contributed by atoms with Crippen LogP contribution in [0.25, 0.3) is 0 Å². The van der Waals surface area contributed by atoms with Crippen molar-refractivity contribution < 1.29 is 9.53 Å². The number of anilines is 1. The summed E-state index contributed by atoms with van der Waals surface area (Å²) in [5.41, 5.74) is -0.462. The Bertz CT molecular complexity index is 548. The fourth-order valence-corrected chi connectivity index (χ4v) is 2.81. The fraction of sp³-hybridized carbons (Fsp3) is 0.867. The average Bonchev–Trinajstić information content (AvgIpc) is 2.96. The fourth-order valence-electron chi connectivity index (χ4n) is 2.81. The Balaban J connectivity index is 1.47. The van der Waals surface area contributed by atoms with Crippen molar-refractivity contribution in [2.45, 2.75) is 52.2 Å². The van der Waals surface area contributed by atoms with Gasteiger partial charge in [0.05, 0.1) is 0 Å². The lowest BCUT2D eigenvalue weighted by atomic mass is 10.1. The zero-order valence-electron chi connectivity index (χ0n) is 14.2. The lowest BCUT2D eigenvalue weighted by molar-refractivity contribution is 0.0520. The van der Waals surface area contributed by atoms with Gasteiger partial charge >= 0.3 is 6.09 Å². The number of alkyl carbamates (subject to hydrolysis) is 1. The molecule has 1 aromatic heterocycles. The Hall–Kier alpha value is -1.86. The second kappa shape index (κ2) is 6.33. The first kappa shape index (κ1) is 16.0. The van der Waals surface area contributed by atoms with Crippen molar-refractivity contribution in [3.8, 4) is 0 Å². The first-order valence-corrected chi connectivity index (χ1v) is 8.38. The van der Waals surface area contributed by atoms with Gasteiger partial charge in [-0.3, -0.25) is 0 Å². The maximum Gasteiger partial charge on any atom is 0.407 e. The van der Waals surface area contributed by atoms with Gasteiger partial charge in [0.2, 0.25) is 5.95 Å². The minimum Gasteiger partial charge on any atom is -0.444 e. The van der Waals surface area contributed by atoms with E-state index in [1.165, 1.54) is 12.8 Å². The highest BCUT2D eigenvalue weighted by atomic mass is 16.6. The van der Waals surface area contributed by atoms with Crippen molar-refractivity contribution >= 4 is 12.0 Å². The Kier molecular flexibility index (Phi) is 4.41. The molecule has 1 saturated heterocycles. The summed E-state index contributed by atoms with van der Waals surface area (Å²) in [6.45, 7) is 8.92. The third kappa shape index (κ3) is 4.56. The molecular weight excluding hydrogens is 296 g/mol. The van der Waals surface area contributed by atoms with E-state index in [-0.39, 0.29) is 6.09 Å². The predicted octanol–water partition coefficient (Wildman–Crippen LogP) is 1.43. The summed E-state index contributed by atoms with van der Waals surface area (Å²) in [5, 5.41) is 15.0. The molecule has 1 aromatic rings. The number of hydrogen-bond acceptors (Lipinski definition) is 6. The topological polar surface area (TPSA) is 85.2 Å². The molecule has 128 valence electrons. The lowest BCUT2D eigenvalue weighted by Gasteiger charge is -2.21. The van der Waals surface area contributed by atoms with Crippen LogP contribution in [0.4, 0.5) is 10.7 Å². The monoisotopic (exact) mass is 322 g/mol. The molecule has 2 aliphatic rings. The van der Waals surface area contributed by atoms with Crippen LogP contribution in [0.3, 0.4) is 0 Å². The van der Waals surface area contributed by atoms with E-state index in [1.807, 2.05) is 25.5 Å². The molecule has 0 spiro atoms. The largest absolute Gasteiger partial charge is 0.444 e. The predicted molar refractivity (Wildman–Crippen MR) is 85.1 cm³/mol. The van der Waals surface area contributed by atoms with Crippen LogP contribution in [0.5, 0.6) is 0 Å². The highest BCUT2D eigenvalue weighted by Crippen LogP contribution is 2.31. The second-order valence-corrected chi connectivity index (χ2v) is 7.59. The number of nitrogens with one attached hydrogen (secondary N) is 1. The average molecular weight is 322 g/mol. The van der Waals surface area contributed by atoms with Gasteiger partial charge in [0.1, 0.15) is 5.60 Å². The summed E-state index contributed by atoms with van der Waals surface area (Å²) < 4.78 is 7.18. The number of tetrazole rings is 1. The van der Waals surface area contributed by atoms with Crippen LogP contribution < -0.4 is 10.2 Å². The molecule has 1 amide bonds. The van der Waals surface area contributed by atoms with Gasteiger partial charge in [-0.2, -0.15) is 0 Å². The summed E-state index contributed by atoms with van der Waals surface area (Å²) in [6.07, 6.45) is 3.23. The molecular formula is C15H26N6O2. The third-order valence-corrected chi connectivity index (χ3v) is 4.14. The van der Waals surface area contributed by atoms with Crippen LogP contribution in [0.15, 0.2) is 0 Å². The summed E-state index contributed by atoms with van der Waals surface area (Å²) in [4.78, 5) is 13.9. The molecule has 23 heavy (non-hydrogen) atoms. The Morgan fingerprint density at radius 3 is 2.78 bits per heavy atom. The van der Waals surface area contributed by atoms with Crippen LogP contribution in [0, 0.1) is 11.8 Å². The van der Waals surface area contributed by atoms with Gasteiger partial charge in [-0.15, -0.1) is 0 Å². The number of nitrogens with zero attached hydrogens (tertiary/aromatic N) is 5. The van der Waals surface area contributed by atoms with Gasteiger partial charge in [0, 0.05) is 26.2 Å². The molecule has 0 radical (unpaired) electrons.